The highest BCUT2D eigenvalue weighted by Crippen LogP contribution is 2.35. The summed E-state index contributed by atoms with van der Waals surface area (Å²) in [5.41, 5.74) is -0.0755. The van der Waals surface area contributed by atoms with Crippen LogP contribution in [0.2, 0.25) is 0 Å². The number of nitrogens with zero attached hydrogens (tertiary/aromatic N) is 1. The number of rotatable bonds is 5. The molecule has 0 radical (unpaired) electrons. The second-order valence-electron chi connectivity index (χ2n) is 5.58. The third kappa shape index (κ3) is 2.68. The molecule has 1 heterocycles. The maximum absolute atomic E-state index is 12.2. The highest BCUT2D eigenvalue weighted by Gasteiger charge is 2.44. The molecule has 0 amide bonds. The average molecular weight is 298 g/mol. The molecule has 1 aromatic rings. The molecule has 1 aromatic carbocycles. The van der Waals surface area contributed by atoms with Gasteiger partial charge in [-0.05, 0) is 18.1 Å². The van der Waals surface area contributed by atoms with Crippen molar-refractivity contribution >= 4 is 15.7 Å². The number of sulfonamides is 1. The molecule has 0 saturated carbocycles. The van der Waals surface area contributed by atoms with Gasteiger partial charge in [0.25, 0.3) is 0 Å². The lowest BCUT2D eigenvalue weighted by Crippen LogP contribution is -2.65. The fourth-order valence-electron chi connectivity index (χ4n) is 2.36. The summed E-state index contributed by atoms with van der Waals surface area (Å²) in [6, 6.07) is 6.90. The lowest BCUT2D eigenvalue weighted by atomic mass is 9.82. The fourth-order valence-corrected chi connectivity index (χ4v) is 3.63. The molecular weight excluding hydrogens is 276 g/mol. The average Bonchev–Trinajstić information content (AvgIpc) is 2.34. The van der Waals surface area contributed by atoms with Crippen molar-refractivity contribution in [3.05, 3.63) is 24.3 Å². The molecule has 0 spiro atoms. The summed E-state index contributed by atoms with van der Waals surface area (Å²) in [6.45, 7) is 6.97. The van der Waals surface area contributed by atoms with Crippen LogP contribution in [0.15, 0.2) is 29.2 Å². The van der Waals surface area contributed by atoms with Gasteiger partial charge in [0.2, 0.25) is 10.0 Å². The van der Waals surface area contributed by atoms with Crippen LogP contribution in [-0.4, -0.2) is 38.8 Å². The van der Waals surface area contributed by atoms with E-state index < -0.39 is 15.6 Å². The molecule has 112 valence electrons. The molecule has 0 aromatic heterocycles. The summed E-state index contributed by atoms with van der Waals surface area (Å²) < 4.78 is 26.9. The Bertz CT molecular complexity index is 578. The van der Waals surface area contributed by atoms with Crippen molar-refractivity contribution in [1.82, 2.24) is 4.72 Å². The second-order valence-corrected chi connectivity index (χ2v) is 7.32. The van der Waals surface area contributed by atoms with Crippen molar-refractivity contribution in [2.75, 3.05) is 24.5 Å². The second kappa shape index (κ2) is 5.35. The molecule has 1 saturated heterocycles. The first kappa shape index (κ1) is 15.3. The van der Waals surface area contributed by atoms with Gasteiger partial charge in [-0.15, -0.1) is 0 Å². The van der Waals surface area contributed by atoms with Gasteiger partial charge in [0, 0.05) is 19.6 Å². The van der Waals surface area contributed by atoms with Gasteiger partial charge in [-0.1, -0.05) is 32.9 Å². The van der Waals surface area contributed by atoms with Crippen molar-refractivity contribution in [2.24, 2.45) is 5.92 Å². The molecule has 2 N–H and O–H groups in total. The quantitative estimate of drug-likeness (QED) is 0.857. The number of aliphatic hydroxyl groups is 1. The normalized spacial score (nSPS) is 18.1. The molecule has 2 rings (SSSR count). The zero-order valence-corrected chi connectivity index (χ0v) is 12.9. The first-order chi connectivity index (χ1) is 9.30. The van der Waals surface area contributed by atoms with Gasteiger partial charge in [-0.25, -0.2) is 13.1 Å². The Balaban J connectivity index is 2.28. The van der Waals surface area contributed by atoms with E-state index in [9.17, 15) is 13.5 Å². The van der Waals surface area contributed by atoms with Crippen molar-refractivity contribution in [3.8, 4) is 0 Å². The van der Waals surface area contributed by atoms with Crippen molar-refractivity contribution in [2.45, 2.75) is 31.3 Å². The van der Waals surface area contributed by atoms with E-state index in [1.165, 1.54) is 0 Å². The number of β-amino-alcohol motifs (C(OH)–C–C–N with tert-alkyl or cyclic N) is 1. The summed E-state index contributed by atoms with van der Waals surface area (Å²) in [5, 5.41) is 10.3. The van der Waals surface area contributed by atoms with Crippen LogP contribution in [0.1, 0.15) is 20.8 Å². The topological polar surface area (TPSA) is 69.6 Å². The summed E-state index contributed by atoms with van der Waals surface area (Å²) in [5.74, 6) is 0.149. The maximum Gasteiger partial charge on any atom is 0.242 e. The van der Waals surface area contributed by atoms with E-state index in [0.29, 0.717) is 25.3 Å². The van der Waals surface area contributed by atoms with Gasteiger partial charge < -0.3 is 10.0 Å². The third-order valence-corrected chi connectivity index (χ3v) is 5.43. The Morgan fingerprint density at radius 3 is 2.50 bits per heavy atom. The van der Waals surface area contributed by atoms with E-state index in [2.05, 4.69) is 4.72 Å². The molecule has 1 fully saturated rings. The lowest BCUT2D eigenvalue weighted by molar-refractivity contribution is -0.0303. The largest absolute Gasteiger partial charge is 0.386 e. The van der Waals surface area contributed by atoms with Crippen LogP contribution in [0.5, 0.6) is 0 Å². The van der Waals surface area contributed by atoms with Gasteiger partial charge in [-0.3, -0.25) is 0 Å². The van der Waals surface area contributed by atoms with E-state index >= 15 is 0 Å². The van der Waals surface area contributed by atoms with E-state index in [4.69, 9.17) is 0 Å². The fraction of sp³-hybridized carbons (Fsp3) is 0.571. The van der Waals surface area contributed by atoms with Gasteiger partial charge in [0.05, 0.1) is 5.69 Å². The van der Waals surface area contributed by atoms with E-state index in [1.807, 2.05) is 24.8 Å². The summed E-state index contributed by atoms with van der Waals surface area (Å²) in [6.07, 6.45) is 0. The summed E-state index contributed by atoms with van der Waals surface area (Å²) in [4.78, 5) is 2.18. The van der Waals surface area contributed by atoms with Crippen molar-refractivity contribution < 1.29 is 13.5 Å². The highest BCUT2D eigenvalue weighted by molar-refractivity contribution is 7.89. The van der Waals surface area contributed by atoms with Crippen molar-refractivity contribution in [1.29, 1.82) is 0 Å². The smallest absolute Gasteiger partial charge is 0.242 e. The minimum Gasteiger partial charge on any atom is -0.386 e. The van der Waals surface area contributed by atoms with Crippen LogP contribution in [0.4, 0.5) is 5.69 Å². The van der Waals surface area contributed by atoms with Crippen LogP contribution >= 0.6 is 0 Å². The van der Waals surface area contributed by atoms with E-state index in [1.54, 1.807) is 25.1 Å². The Morgan fingerprint density at radius 2 is 1.95 bits per heavy atom. The minimum absolute atomic E-state index is 0.149. The van der Waals surface area contributed by atoms with Crippen LogP contribution in [0.3, 0.4) is 0 Å². The summed E-state index contributed by atoms with van der Waals surface area (Å²) >= 11 is 0. The van der Waals surface area contributed by atoms with Crippen molar-refractivity contribution in [3.63, 3.8) is 0 Å². The zero-order chi connectivity index (χ0) is 15.0. The first-order valence-corrected chi connectivity index (χ1v) is 8.34. The molecule has 5 nitrogen and oxygen atoms in total. The summed E-state index contributed by atoms with van der Waals surface area (Å²) in [7, 11) is -3.49. The predicted molar refractivity (Wildman–Crippen MR) is 79.3 cm³/mol. The zero-order valence-electron chi connectivity index (χ0n) is 12.1. The standard InChI is InChI=1S/C14H22N2O3S/c1-4-15-20(18,19)13-8-6-5-7-12(13)16-9-14(17,10-16)11(2)3/h5-8,11,15,17H,4,9-10H2,1-3H3. The Hall–Kier alpha value is -1.11. The predicted octanol–water partition coefficient (Wildman–Crippen LogP) is 1.19. The Kier molecular flexibility index (Phi) is 4.09. The molecule has 0 atom stereocenters. The minimum atomic E-state index is -3.49. The SMILES string of the molecule is CCNS(=O)(=O)c1ccccc1N1CC(O)(C(C)C)C1. The number of para-hydroxylation sites is 1. The number of nitrogens with one attached hydrogen (secondary N) is 1. The van der Waals surface area contributed by atoms with Crippen LogP contribution in [0.25, 0.3) is 0 Å². The molecule has 1 aliphatic rings. The molecule has 6 heteroatoms. The first-order valence-electron chi connectivity index (χ1n) is 6.86. The lowest BCUT2D eigenvalue weighted by Gasteiger charge is -2.50. The van der Waals surface area contributed by atoms with Gasteiger partial charge in [0.15, 0.2) is 0 Å². The number of hydrogen-bond donors (Lipinski definition) is 2. The van der Waals surface area contributed by atoms with Crippen LogP contribution in [0, 0.1) is 5.92 Å². The number of benzene rings is 1. The molecule has 0 aliphatic carbocycles. The van der Waals surface area contributed by atoms with Crippen LogP contribution in [-0.2, 0) is 10.0 Å². The van der Waals surface area contributed by atoms with Crippen LogP contribution < -0.4 is 9.62 Å². The molecule has 0 unspecified atom stereocenters. The number of anilines is 1. The Labute approximate surface area is 120 Å². The molecular formula is C14H22N2O3S. The third-order valence-electron chi connectivity index (χ3n) is 3.83. The van der Waals surface area contributed by atoms with Gasteiger partial charge in [0.1, 0.15) is 10.5 Å². The Morgan fingerprint density at radius 1 is 1.35 bits per heavy atom. The molecule has 20 heavy (non-hydrogen) atoms. The van der Waals surface area contributed by atoms with E-state index in [-0.39, 0.29) is 10.8 Å². The van der Waals surface area contributed by atoms with Gasteiger partial charge in [-0.2, -0.15) is 0 Å². The maximum atomic E-state index is 12.2. The number of hydrogen-bond acceptors (Lipinski definition) is 4. The molecule has 0 bridgehead atoms. The molecule has 1 aliphatic heterocycles. The highest BCUT2D eigenvalue weighted by atomic mass is 32.2. The van der Waals surface area contributed by atoms with Gasteiger partial charge >= 0.3 is 0 Å². The monoisotopic (exact) mass is 298 g/mol. The van der Waals surface area contributed by atoms with E-state index in [0.717, 1.165) is 0 Å².